The molecular weight excluding hydrogens is 448 g/mol. The maximum Gasteiger partial charge on any atom is 0.0340 e. The number of hydrogen-bond acceptors (Lipinski definition) is 2. The lowest BCUT2D eigenvalue weighted by Crippen LogP contribution is -2.32. The first kappa shape index (κ1) is 33.5. The Morgan fingerprint density at radius 1 is 0.730 bits per heavy atom. The van der Waals surface area contributed by atoms with Crippen LogP contribution >= 0.6 is 0 Å². The SMILES string of the molecule is CC(C)(N)/C=C/CCC(CCC(C)(C)C(C)(C)/C=C/CCCCCCC(C)(C)C)CNc1ccccc1. The summed E-state index contributed by atoms with van der Waals surface area (Å²) in [5.41, 5.74) is 8.03. The Morgan fingerprint density at radius 3 is 1.97 bits per heavy atom. The van der Waals surface area contributed by atoms with Gasteiger partial charge in [-0.15, -0.1) is 0 Å². The lowest BCUT2D eigenvalue weighted by Gasteiger charge is -2.41. The molecule has 1 unspecified atom stereocenters. The molecule has 0 heterocycles. The van der Waals surface area contributed by atoms with E-state index >= 15 is 0 Å². The third-order valence-electron chi connectivity index (χ3n) is 8.16. The second-order valence-electron chi connectivity index (χ2n) is 14.5. The predicted molar refractivity (Wildman–Crippen MR) is 168 cm³/mol. The summed E-state index contributed by atoms with van der Waals surface area (Å²) in [6.07, 6.45) is 22.1. The molecule has 0 aliphatic rings. The smallest absolute Gasteiger partial charge is 0.0340 e. The molecule has 0 saturated carbocycles. The van der Waals surface area contributed by atoms with E-state index in [1.807, 2.05) is 0 Å². The van der Waals surface area contributed by atoms with E-state index in [4.69, 9.17) is 5.73 Å². The first-order valence-corrected chi connectivity index (χ1v) is 15.0. The average Bonchev–Trinajstić information content (AvgIpc) is 2.78. The van der Waals surface area contributed by atoms with Gasteiger partial charge < -0.3 is 11.1 Å². The number of anilines is 1. The van der Waals surface area contributed by atoms with Crippen molar-refractivity contribution in [1.82, 2.24) is 0 Å². The minimum Gasteiger partial charge on any atom is -0.385 e. The molecule has 0 aliphatic heterocycles. The normalized spacial score (nSPS) is 14.5. The number of nitrogens with one attached hydrogen (secondary N) is 1. The molecule has 1 aromatic carbocycles. The Kier molecular flexibility index (Phi) is 14.3. The maximum absolute atomic E-state index is 6.14. The van der Waals surface area contributed by atoms with Crippen molar-refractivity contribution in [2.45, 2.75) is 132 Å². The summed E-state index contributed by atoms with van der Waals surface area (Å²) in [5, 5.41) is 3.69. The predicted octanol–water partition coefficient (Wildman–Crippen LogP) is 10.6. The molecule has 212 valence electrons. The zero-order chi connectivity index (χ0) is 28.0. The highest BCUT2D eigenvalue weighted by molar-refractivity contribution is 5.42. The van der Waals surface area contributed by atoms with Gasteiger partial charge >= 0.3 is 0 Å². The fourth-order valence-corrected chi connectivity index (χ4v) is 4.65. The molecule has 2 nitrogen and oxygen atoms in total. The monoisotopic (exact) mass is 510 g/mol. The first-order valence-electron chi connectivity index (χ1n) is 15.0. The van der Waals surface area contributed by atoms with Crippen LogP contribution in [0.5, 0.6) is 0 Å². The number of hydrogen-bond donors (Lipinski definition) is 2. The van der Waals surface area contributed by atoms with Crippen molar-refractivity contribution in [3.63, 3.8) is 0 Å². The number of rotatable bonds is 18. The Bertz CT molecular complexity index is 772. The van der Waals surface area contributed by atoms with E-state index in [1.165, 1.54) is 63.5 Å². The highest BCUT2D eigenvalue weighted by atomic mass is 14.9. The van der Waals surface area contributed by atoms with Crippen LogP contribution in [0.1, 0.15) is 127 Å². The van der Waals surface area contributed by atoms with Crippen LogP contribution in [-0.4, -0.2) is 12.1 Å². The Hall–Kier alpha value is -1.54. The molecule has 0 spiro atoms. The van der Waals surface area contributed by atoms with Gasteiger partial charge in [0.15, 0.2) is 0 Å². The van der Waals surface area contributed by atoms with Crippen molar-refractivity contribution in [3.8, 4) is 0 Å². The fraction of sp³-hybridized carbons (Fsp3) is 0.714. The van der Waals surface area contributed by atoms with Crippen molar-refractivity contribution >= 4 is 5.69 Å². The number of benzene rings is 1. The highest BCUT2D eigenvalue weighted by Crippen LogP contribution is 2.44. The molecule has 0 radical (unpaired) electrons. The van der Waals surface area contributed by atoms with Crippen LogP contribution in [0.2, 0.25) is 0 Å². The quantitative estimate of drug-likeness (QED) is 0.152. The van der Waals surface area contributed by atoms with Gasteiger partial charge in [0.05, 0.1) is 0 Å². The summed E-state index contributed by atoms with van der Waals surface area (Å²) in [7, 11) is 0. The molecule has 37 heavy (non-hydrogen) atoms. The molecule has 0 amide bonds. The topological polar surface area (TPSA) is 38.0 Å². The van der Waals surface area contributed by atoms with E-state index in [-0.39, 0.29) is 16.4 Å². The molecule has 1 rings (SSSR count). The van der Waals surface area contributed by atoms with E-state index in [0.717, 1.165) is 13.0 Å². The van der Waals surface area contributed by atoms with Crippen LogP contribution in [0.3, 0.4) is 0 Å². The van der Waals surface area contributed by atoms with Crippen LogP contribution in [0.4, 0.5) is 5.69 Å². The zero-order valence-corrected chi connectivity index (χ0v) is 26.1. The second-order valence-corrected chi connectivity index (χ2v) is 14.5. The molecular formula is C35H62N2. The molecule has 2 heteroatoms. The summed E-state index contributed by atoms with van der Waals surface area (Å²) in [6, 6.07) is 10.6. The van der Waals surface area contributed by atoms with Gasteiger partial charge in [-0.25, -0.2) is 0 Å². The third kappa shape index (κ3) is 16.1. The van der Waals surface area contributed by atoms with Crippen LogP contribution in [0.15, 0.2) is 54.6 Å². The summed E-state index contributed by atoms with van der Waals surface area (Å²) < 4.78 is 0. The molecule has 1 aromatic rings. The van der Waals surface area contributed by atoms with Crippen molar-refractivity contribution in [2.24, 2.45) is 27.9 Å². The first-order chi connectivity index (χ1) is 17.1. The van der Waals surface area contributed by atoms with Gasteiger partial charge in [-0.1, -0.05) is 110 Å². The number of para-hydroxylation sites is 1. The summed E-state index contributed by atoms with van der Waals surface area (Å²) in [4.78, 5) is 0. The summed E-state index contributed by atoms with van der Waals surface area (Å²) in [6.45, 7) is 22.0. The Balaban J connectivity index is 2.59. The van der Waals surface area contributed by atoms with Gasteiger partial charge in [-0.2, -0.15) is 0 Å². The average molecular weight is 511 g/mol. The number of unbranched alkanes of at least 4 members (excludes halogenated alkanes) is 4. The number of allylic oxidation sites excluding steroid dienone is 3. The van der Waals surface area contributed by atoms with Crippen LogP contribution in [-0.2, 0) is 0 Å². The van der Waals surface area contributed by atoms with Crippen molar-refractivity contribution in [2.75, 3.05) is 11.9 Å². The van der Waals surface area contributed by atoms with Gasteiger partial charge in [0, 0.05) is 17.8 Å². The molecule has 0 fully saturated rings. The number of nitrogens with two attached hydrogens (primary N) is 1. The van der Waals surface area contributed by atoms with Crippen molar-refractivity contribution in [1.29, 1.82) is 0 Å². The minimum atomic E-state index is -0.234. The van der Waals surface area contributed by atoms with Crippen molar-refractivity contribution < 1.29 is 0 Å². The van der Waals surface area contributed by atoms with E-state index in [9.17, 15) is 0 Å². The molecule has 3 N–H and O–H groups in total. The third-order valence-corrected chi connectivity index (χ3v) is 8.16. The maximum atomic E-state index is 6.14. The molecule has 0 aromatic heterocycles. The van der Waals surface area contributed by atoms with Crippen LogP contribution in [0, 0.1) is 22.2 Å². The highest BCUT2D eigenvalue weighted by Gasteiger charge is 2.34. The van der Waals surface area contributed by atoms with E-state index in [0.29, 0.717) is 11.3 Å². The largest absolute Gasteiger partial charge is 0.385 e. The lowest BCUT2D eigenvalue weighted by molar-refractivity contribution is 0.138. The van der Waals surface area contributed by atoms with Gasteiger partial charge in [0.25, 0.3) is 0 Å². The minimum absolute atomic E-state index is 0.181. The van der Waals surface area contributed by atoms with Crippen molar-refractivity contribution in [3.05, 3.63) is 54.6 Å². The Morgan fingerprint density at radius 2 is 1.35 bits per heavy atom. The van der Waals surface area contributed by atoms with Gasteiger partial charge in [0.1, 0.15) is 0 Å². The summed E-state index contributed by atoms with van der Waals surface area (Å²) in [5.74, 6) is 0.637. The molecule has 1 atom stereocenters. The second kappa shape index (κ2) is 15.8. The van der Waals surface area contributed by atoms with Crippen LogP contribution in [0.25, 0.3) is 0 Å². The molecule has 0 aliphatic carbocycles. The van der Waals surface area contributed by atoms with E-state index < -0.39 is 0 Å². The van der Waals surface area contributed by atoms with E-state index in [2.05, 4.69) is 122 Å². The molecule has 0 bridgehead atoms. The lowest BCUT2D eigenvalue weighted by atomic mass is 9.64. The van der Waals surface area contributed by atoms with Crippen LogP contribution < -0.4 is 11.1 Å². The van der Waals surface area contributed by atoms with Gasteiger partial charge in [-0.3, -0.25) is 0 Å². The summed E-state index contributed by atoms with van der Waals surface area (Å²) >= 11 is 0. The zero-order valence-electron chi connectivity index (χ0n) is 26.1. The standard InChI is InChI=1S/C35H62N2/c1-32(2,3)25-18-12-10-11-13-19-26-33(4,5)34(6,7)28-24-30(21-17-20-27-35(8,9)36)29-37-31-22-15-14-16-23-31/h14-16,19-20,22-23,26-27,30,37H,10-13,17-18,21,24-25,28-29,36H2,1-9H3/b26-19+,27-20+. The van der Waals surface area contributed by atoms with Gasteiger partial charge in [-0.05, 0) is 93.1 Å². The van der Waals surface area contributed by atoms with Gasteiger partial charge in [0.2, 0.25) is 0 Å². The Labute approximate surface area is 232 Å². The molecule has 0 saturated heterocycles. The fourth-order valence-electron chi connectivity index (χ4n) is 4.65. The van der Waals surface area contributed by atoms with E-state index in [1.54, 1.807) is 0 Å².